The Hall–Kier alpha value is 0.0200. The Morgan fingerprint density at radius 3 is 2.28 bits per heavy atom. The molecule has 0 aliphatic heterocycles. The van der Waals surface area contributed by atoms with Crippen LogP contribution in [-0.4, -0.2) is 37.1 Å². The van der Waals surface area contributed by atoms with E-state index in [4.69, 9.17) is 9.42 Å². The van der Waals surface area contributed by atoms with E-state index in [1.807, 2.05) is 49.8 Å². The smallest absolute Gasteiger partial charge is 0.267 e. The Balaban J connectivity index is 3.13. The number of benzene rings is 1. The third kappa shape index (κ3) is 5.34. The van der Waals surface area contributed by atoms with Crippen LogP contribution < -0.4 is 4.89 Å². The number of phosphoric acid groups is 1. The maximum absolute atomic E-state index is 11.1. The summed E-state index contributed by atoms with van der Waals surface area (Å²) in [4.78, 5) is 20.0. The van der Waals surface area contributed by atoms with Gasteiger partial charge in [-0.05, 0) is 28.2 Å². The number of phosphoric ester groups is 1. The van der Waals surface area contributed by atoms with E-state index in [9.17, 15) is 9.46 Å². The van der Waals surface area contributed by atoms with Crippen molar-refractivity contribution in [2.75, 3.05) is 27.7 Å². The van der Waals surface area contributed by atoms with Crippen LogP contribution in [-0.2, 0) is 12.7 Å². The fourth-order valence-electron chi connectivity index (χ4n) is 1.65. The molecule has 0 amide bonds. The highest BCUT2D eigenvalue weighted by Crippen LogP contribution is 2.47. The lowest BCUT2D eigenvalue weighted by molar-refractivity contribution is -0.874. The van der Waals surface area contributed by atoms with Gasteiger partial charge < -0.3 is 14.3 Å². The summed E-state index contributed by atoms with van der Waals surface area (Å²) >= 11 is 1.92. The van der Waals surface area contributed by atoms with Gasteiger partial charge in [-0.15, -0.1) is 0 Å². The highest BCUT2D eigenvalue weighted by Gasteiger charge is 2.39. The molecule has 0 radical (unpaired) electrons. The first-order valence-corrected chi connectivity index (χ1v) is 7.89. The van der Waals surface area contributed by atoms with Gasteiger partial charge in [0.25, 0.3) is 7.82 Å². The van der Waals surface area contributed by atoms with Gasteiger partial charge in [-0.1, -0.05) is 30.3 Å². The van der Waals surface area contributed by atoms with Crippen molar-refractivity contribution < 1.29 is 23.4 Å². The van der Waals surface area contributed by atoms with E-state index in [0.29, 0.717) is 16.6 Å². The van der Waals surface area contributed by atoms with E-state index in [1.54, 1.807) is 24.3 Å². The van der Waals surface area contributed by atoms with Gasteiger partial charge in [0.15, 0.2) is 0 Å². The molecule has 0 aromatic heterocycles. The second-order valence-electron chi connectivity index (χ2n) is 5.10. The van der Waals surface area contributed by atoms with E-state index >= 15 is 0 Å². The van der Waals surface area contributed by atoms with E-state index < -0.39 is 11.4 Å². The summed E-state index contributed by atoms with van der Waals surface area (Å²) in [6, 6.07) is 8.99. The van der Waals surface area contributed by atoms with Crippen LogP contribution in [0, 0.1) is 0 Å². The first-order chi connectivity index (χ1) is 8.02. The zero-order chi connectivity index (χ0) is 14.0. The number of likely N-dealkylation sites (N-methyl/N-ethyl adjacent to an activating group) is 1. The molecule has 0 fully saturated rings. The molecular formula is C11H17INO4P. The summed E-state index contributed by atoms with van der Waals surface area (Å²) in [6.45, 7) is 0.393. The third-order valence-corrected chi connectivity index (χ3v) is 4.22. The molecule has 2 atom stereocenters. The molecule has 0 spiro atoms. The second kappa shape index (κ2) is 5.56. The average Bonchev–Trinajstić information content (AvgIpc) is 2.13. The SMILES string of the molecule is C[N+](C)(C)CC(I)(OP(=O)([O-])O)c1ccccc1. The lowest BCUT2D eigenvalue weighted by atomic mass is 10.1. The molecule has 0 saturated carbocycles. The number of quaternary nitrogens is 1. The van der Waals surface area contributed by atoms with Crippen molar-refractivity contribution >= 4 is 30.4 Å². The zero-order valence-corrected chi connectivity index (χ0v) is 13.6. The Morgan fingerprint density at radius 1 is 1.39 bits per heavy atom. The van der Waals surface area contributed by atoms with Crippen LogP contribution in [0.25, 0.3) is 0 Å². The Kier molecular flexibility index (Phi) is 4.97. The minimum atomic E-state index is -4.81. The monoisotopic (exact) mass is 385 g/mol. The van der Waals surface area contributed by atoms with Gasteiger partial charge in [-0.2, -0.15) is 0 Å². The van der Waals surface area contributed by atoms with Crippen LogP contribution in [0.3, 0.4) is 0 Å². The van der Waals surface area contributed by atoms with Gasteiger partial charge in [0.2, 0.25) is 3.61 Å². The summed E-state index contributed by atoms with van der Waals surface area (Å²) in [5.74, 6) is 0. The highest BCUT2D eigenvalue weighted by molar-refractivity contribution is 14.1. The first-order valence-electron chi connectivity index (χ1n) is 5.31. The highest BCUT2D eigenvalue weighted by atomic mass is 127. The number of nitrogens with zero attached hydrogens (tertiary/aromatic N) is 1. The Labute approximate surface area is 121 Å². The Morgan fingerprint density at radius 2 is 1.89 bits per heavy atom. The summed E-state index contributed by atoms with van der Waals surface area (Å²) in [5, 5.41) is 0. The van der Waals surface area contributed by atoms with E-state index in [1.165, 1.54) is 0 Å². The van der Waals surface area contributed by atoms with Gasteiger partial charge in [0, 0.05) is 0 Å². The van der Waals surface area contributed by atoms with Crippen molar-refractivity contribution in [2.24, 2.45) is 0 Å². The molecule has 0 aliphatic carbocycles. The number of rotatable bonds is 5. The average molecular weight is 385 g/mol. The topological polar surface area (TPSA) is 69.6 Å². The van der Waals surface area contributed by atoms with Gasteiger partial charge in [-0.3, -0.25) is 9.09 Å². The fourth-order valence-corrected chi connectivity index (χ4v) is 4.31. The number of halogens is 1. The number of hydrogen-bond acceptors (Lipinski definition) is 3. The number of alkyl halides is 1. The lowest BCUT2D eigenvalue weighted by Gasteiger charge is -2.37. The van der Waals surface area contributed by atoms with Gasteiger partial charge in [0.05, 0.1) is 21.1 Å². The van der Waals surface area contributed by atoms with Crippen LogP contribution in [0.15, 0.2) is 30.3 Å². The van der Waals surface area contributed by atoms with Gasteiger partial charge in [0.1, 0.15) is 6.54 Å². The minimum Gasteiger partial charge on any atom is -0.756 e. The largest absolute Gasteiger partial charge is 0.756 e. The molecule has 1 rings (SSSR count). The molecule has 5 nitrogen and oxygen atoms in total. The third-order valence-electron chi connectivity index (χ3n) is 2.14. The van der Waals surface area contributed by atoms with Crippen molar-refractivity contribution in [3.8, 4) is 0 Å². The predicted octanol–water partition coefficient (Wildman–Crippen LogP) is 1.46. The first kappa shape index (κ1) is 16.1. The van der Waals surface area contributed by atoms with Crippen LogP contribution >= 0.6 is 30.4 Å². The summed E-state index contributed by atoms with van der Waals surface area (Å²) in [7, 11) is 0.964. The Bertz CT molecular complexity index is 442. The standard InChI is InChI=1S/C11H17INO4P/c1-13(2,3)9-11(12,17-18(14,15)16)10-7-5-4-6-8-10/h4-8H,9H2,1-3H3,(H-,14,15,16). The second-order valence-corrected chi connectivity index (χ2v) is 7.97. The van der Waals surface area contributed by atoms with Crippen LogP contribution in [0.4, 0.5) is 0 Å². The molecular weight excluding hydrogens is 368 g/mol. The van der Waals surface area contributed by atoms with Crippen molar-refractivity contribution in [3.05, 3.63) is 35.9 Å². The summed E-state index contributed by atoms with van der Waals surface area (Å²) < 4.78 is 15.3. The minimum absolute atomic E-state index is 0.393. The van der Waals surface area contributed by atoms with E-state index in [2.05, 4.69) is 0 Å². The molecule has 1 aromatic carbocycles. The van der Waals surface area contributed by atoms with Crippen molar-refractivity contribution in [1.29, 1.82) is 0 Å². The van der Waals surface area contributed by atoms with Gasteiger partial charge >= 0.3 is 0 Å². The van der Waals surface area contributed by atoms with Crippen molar-refractivity contribution in [2.45, 2.75) is 3.61 Å². The molecule has 0 heterocycles. The maximum atomic E-state index is 11.1. The molecule has 102 valence electrons. The van der Waals surface area contributed by atoms with E-state index in [0.717, 1.165) is 0 Å². The quantitative estimate of drug-likeness (QED) is 0.361. The predicted molar refractivity (Wildman–Crippen MR) is 75.9 cm³/mol. The summed E-state index contributed by atoms with van der Waals surface area (Å²) in [5.41, 5.74) is 0.698. The molecule has 1 N–H and O–H groups in total. The zero-order valence-electron chi connectivity index (χ0n) is 10.5. The molecule has 0 bridgehead atoms. The normalized spacial score (nSPS) is 19.0. The van der Waals surface area contributed by atoms with Crippen molar-refractivity contribution in [3.63, 3.8) is 0 Å². The molecule has 0 saturated heterocycles. The van der Waals surface area contributed by atoms with Gasteiger partial charge in [-0.25, -0.2) is 0 Å². The van der Waals surface area contributed by atoms with E-state index in [-0.39, 0.29) is 0 Å². The molecule has 1 aromatic rings. The molecule has 18 heavy (non-hydrogen) atoms. The summed E-state index contributed by atoms with van der Waals surface area (Å²) in [6.07, 6.45) is 0. The molecule has 2 unspecified atom stereocenters. The lowest BCUT2D eigenvalue weighted by Crippen LogP contribution is -2.45. The fraction of sp³-hybridized carbons (Fsp3) is 0.455. The van der Waals surface area contributed by atoms with Crippen LogP contribution in [0.5, 0.6) is 0 Å². The maximum Gasteiger partial charge on any atom is 0.267 e. The molecule has 0 aliphatic rings. The number of hydrogen-bond donors (Lipinski definition) is 1. The van der Waals surface area contributed by atoms with Crippen molar-refractivity contribution in [1.82, 2.24) is 0 Å². The molecule has 7 heteroatoms. The van der Waals surface area contributed by atoms with Crippen LogP contribution in [0.1, 0.15) is 5.56 Å². The van der Waals surface area contributed by atoms with Crippen LogP contribution in [0.2, 0.25) is 0 Å².